The lowest BCUT2D eigenvalue weighted by atomic mass is 10.2. The number of anilines is 2. The van der Waals surface area contributed by atoms with Crippen molar-refractivity contribution in [3.05, 3.63) is 101 Å². The van der Waals surface area contributed by atoms with Crippen LogP contribution in [0, 0.1) is 0 Å². The van der Waals surface area contributed by atoms with E-state index in [2.05, 4.69) is 11.4 Å². The molecule has 0 aliphatic heterocycles. The van der Waals surface area contributed by atoms with Crippen LogP contribution in [0.4, 0.5) is 10.8 Å². The van der Waals surface area contributed by atoms with Gasteiger partial charge >= 0.3 is 0 Å². The third kappa shape index (κ3) is 4.98. The molecule has 140 valence electrons. The van der Waals surface area contributed by atoms with Crippen molar-refractivity contribution in [1.29, 1.82) is 0 Å². The molecule has 3 aromatic carbocycles. The van der Waals surface area contributed by atoms with E-state index >= 15 is 0 Å². The van der Waals surface area contributed by atoms with Gasteiger partial charge in [-0.2, -0.15) is 0 Å². The molecule has 0 aliphatic rings. The molecule has 6 heteroatoms. The van der Waals surface area contributed by atoms with Gasteiger partial charge in [0.05, 0.1) is 0 Å². The van der Waals surface area contributed by atoms with Crippen molar-refractivity contribution in [3.63, 3.8) is 0 Å². The molecule has 0 radical (unpaired) electrons. The molecular formula is C22H17Cl2N3S. The van der Waals surface area contributed by atoms with E-state index in [1.165, 1.54) is 0 Å². The number of aromatic nitrogens is 2. The summed E-state index contributed by atoms with van der Waals surface area (Å²) in [6, 6.07) is 27.9. The molecule has 1 aromatic heterocycles. The van der Waals surface area contributed by atoms with E-state index in [0.29, 0.717) is 0 Å². The molecular weight excluding hydrogens is 409 g/mol. The summed E-state index contributed by atoms with van der Waals surface area (Å²) in [6.45, 7) is 0. The molecule has 4 rings (SSSR count). The van der Waals surface area contributed by atoms with Crippen LogP contribution in [0.5, 0.6) is 0 Å². The summed E-state index contributed by atoms with van der Waals surface area (Å²) >= 11 is 7.68. The second kappa shape index (κ2) is 9.51. The SMILES string of the molecule is Clc1cccc(/C=C/c2sc(Nc3ccccc3)n[n+]2-c2ccccc2)c1.[Cl-]. The highest BCUT2D eigenvalue weighted by Gasteiger charge is 2.20. The first-order chi connectivity index (χ1) is 13.3. The van der Waals surface area contributed by atoms with Crippen LogP contribution in [0.15, 0.2) is 84.9 Å². The van der Waals surface area contributed by atoms with Gasteiger partial charge < -0.3 is 17.7 Å². The van der Waals surface area contributed by atoms with Crippen molar-refractivity contribution < 1.29 is 17.1 Å². The molecule has 0 amide bonds. The topological polar surface area (TPSA) is 28.8 Å². The van der Waals surface area contributed by atoms with Crippen molar-refractivity contribution in [2.75, 3.05) is 5.32 Å². The average molecular weight is 426 g/mol. The quantitative estimate of drug-likeness (QED) is 0.497. The summed E-state index contributed by atoms with van der Waals surface area (Å²) in [7, 11) is 0. The smallest absolute Gasteiger partial charge is 0.297 e. The van der Waals surface area contributed by atoms with Crippen LogP contribution in [-0.2, 0) is 0 Å². The van der Waals surface area contributed by atoms with Crippen LogP contribution in [0.3, 0.4) is 0 Å². The first-order valence-corrected chi connectivity index (χ1v) is 9.72. The molecule has 0 fully saturated rings. The van der Waals surface area contributed by atoms with Gasteiger partial charge in [-0.1, -0.05) is 60.1 Å². The highest BCUT2D eigenvalue weighted by Crippen LogP contribution is 2.23. The Morgan fingerprint density at radius 1 is 0.857 bits per heavy atom. The first-order valence-electron chi connectivity index (χ1n) is 8.52. The van der Waals surface area contributed by atoms with Gasteiger partial charge in [0.25, 0.3) is 10.1 Å². The fourth-order valence-corrected chi connectivity index (χ4v) is 3.69. The van der Waals surface area contributed by atoms with Crippen molar-refractivity contribution in [1.82, 2.24) is 5.10 Å². The molecule has 0 atom stereocenters. The van der Waals surface area contributed by atoms with Crippen molar-refractivity contribution in [2.24, 2.45) is 0 Å². The Hall–Kier alpha value is -2.66. The molecule has 1 N–H and O–H groups in total. The fourth-order valence-electron chi connectivity index (χ4n) is 2.63. The maximum atomic E-state index is 6.09. The molecule has 1 heterocycles. The number of hydrogen-bond donors (Lipinski definition) is 1. The third-order valence-electron chi connectivity index (χ3n) is 3.89. The summed E-state index contributed by atoms with van der Waals surface area (Å²) in [4.78, 5) is 0. The zero-order valence-electron chi connectivity index (χ0n) is 14.8. The van der Waals surface area contributed by atoms with E-state index in [-0.39, 0.29) is 12.4 Å². The van der Waals surface area contributed by atoms with Gasteiger partial charge in [-0.25, -0.2) is 0 Å². The number of halogens is 2. The Morgan fingerprint density at radius 2 is 1.57 bits per heavy atom. The maximum Gasteiger partial charge on any atom is 0.297 e. The predicted molar refractivity (Wildman–Crippen MR) is 114 cm³/mol. The van der Waals surface area contributed by atoms with E-state index in [9.17, 15) is 0 Å². The molecule has 0 spiro atoms. The summed E-state index contributed by atoms with van der Waals surface area (Å²) < 4.78 is 1.94. The summed E-state index contributed by atoms with van der Waals surface area (Å²) in [5.41, 5.74) is 3.07. The normalized spacial score (nSPS) is 10.6. The monoisotopic (exact) mass is 425 g/mol. The largest absolute Gasteiger partial charge is 1.00 e. The minimum atomic E-state index is 0. The number of benzene rings is 3. The minimum Gasteiger partial charge on any atom is -1.00 e. The van der Waals surface area contributed by atoms with Crippen LogP contribution in [0.1, 0.15) is 10.6 Å². The van der Waals surface area contributed by atoms with Crippen LogP contribution >= 0.6 is 22.9 Å². The van der Waals surface area contributed by atoms with Gasteiger partial charge in [0, 0.05) is 34.0 Å². The highest BCUT2D eigenvalue weighted by molar-refractivity contribution is 7.15. The van der Waals surface area contributed by atoms with Gasteiger partial charge in [0.15, 0.2) is 0 Å². The van der Waals surface area contributed by atoms with Crippen molar-refractivity contribution in [2.45, 2.75) is 0 Å². The van der Waals surface area contributed by atoms with Crippen LogP contribution < -0.4 is 22.4 Å². The lowest BCUT2D eigenvalue weighted by Crippen LogP contribution is -3.00. The molecule has 3 nitrogen and oxygen atoms in total. The third-order valence-corrected chi connectivity index (χ3v) is 5.02. The van der Waals surface area contributed by atoms with Crippen molar-refractivity contribution in [3.8, 4) is 5.69 Å². The second-order valence-corrected chi connectivity index (χ2v) is 7.32. The van der Waals surface area contributed by atoms with Gasteiger partial charge in [0.2, 0.25) is 5.69 Å². The fraction of sp³-hybridized carbons (Fsp3) is 0. The van der Waals surface area contributed by atoms with E-state index in [1.54, 1.807) is 11.3 Å². The average Bonchev–Trinajstić information content (AvgIpc) is 3.10. The number of nitrogens with one attached hydrogen (secondary N) is 1. The Bertz CT molecular complexity index is 1060. The lowest BCUT2D eigenvalue weighted by Gasteiger charge is -1.97. The standard InChI is InChI=1S/C22H17ClN3S.ClH/c23-18-9-7-8-17(16-18)14-15-21-26(20-12-5-2-6-13-20)25-22(27-21)24-19-10-3-1-4-11-19;/h1-16H,(H,24,25);1H/q+1;/p-1/b15-14+;. The summed E-state index contributed by atoms with van der Waals surface area (Å²) in [6.07, 6.45) is 4.11. The number of rotatable bonds is 5. The Morgan fingerprint density at radius 3 is 2.29 bits per heavy atom. The lowest BCUT2D eigenvalue weighted by molar-refractivity contribution is -0.654. The van der Waals surface area contributed by atoms with Crippen LogP contribution in [-0.4, -0.2) is 5.10 Å². The van der Waals surface area contributed by atoms with Gasteiger partial charge in [0.1, 0.15) is 0 Å². The Labute approximate surface area is 179 Å². The summed E-state index contributed by atoms with van der Waals surface area (Å²) in [5.74, 6) is 0. The van der Waals surface area contributed by atoms with Crippen LogP contribution in [0.25, 0.3) is 17.8 Å². The first kappa shape index (κ1) is 20.1. The van der Waals surface area contributed by atoms with E-state index < -0.39 is 0 Å². The van der Waals surface area contributed by atoms with E-state index in [4.69, 9.17) is 16.7 Å². The van der Waals surface area contributed by atoms with Crippen LogP contribution in [0.2, 0.25) is 5.02 Å². The minimum absolute atomic E-state index is 0. The number of para-hydroxylation sites is 2. The van der Waals surface area contributed by atoms with Gasteiger partial charge in [-0.15, -0.1) is 0 Å². The molecule has 28 heavy (non-hydrogen) atoms. The molecule has 0 saturated heterocycles. The number of nitrogens with zero attached hydrogens (tertiary/aromatic N) is 2. The zero-order chi connectivity index (χ0) is 18.5. The Kier molecular flexibility index (Phi) is 6.82. The zero-order valence-corrected chi connectivity index (χ0v) is 17.1. The van der Waals surface area contributed by atoms with Crippen molar-refractivity contribution >= 4 is 45.9 Å². The molecule has 0 aliphatic carbocycles. The molecule has 0 bridgehead atoms. The molecule has 4 aromatic rings. The highest BCUT2D eigenvalue weighted by atomic mass is 35.5. The molecule has 0 saturated carbocycles. The summed E-state index contributed by atoms with van der Waals surface area (Å²) in [5, 5.41) is 10.7. The van der Waals surface area contributed by atoms with E-state index in [0.717, 1.165) is 32.1 Å². The van der Waals surface area contributed by atoms with E-state index in [1.807, 2.05) is 95.7 Å². The Balaban J connectivity index is 0.00000225. The van der Waals surface area contributed by atoms with Gasteiger partial charge in [-0.05, 0) is 51.9 Å². The number of hydrogen-bond acceptors (Lipinski definition) is 3. The predicted octanol–water partition coefficient (Wildman–Crippen LogP) is 2.99. The van der Waals surface area contributed by atoms with Gasteiger partial charge in [-0.3, -0.25) is 0 Å². The second-order valence-electron chi connectivity index (χ2n) is 5.87. The maximum absolute atomic E-state index is 6.09. The molecule has 0 unspecified atom stereocenters.